The van der Waals surface area contributed by atoms with E-state index in [1.54, 1.807) is 42.6 Å². The van der Waals surface area contributed by atoms with Crippen LogP contribution in [0, 0.1) is 5.82 Å². The normalized spacial score (nSPS) is 11.8. The number of ether oxygens (including phenoxy) is 1. The number of nitrogens with zero attached hydrogens (tertiary/aromatic N) is 1. The van der Waals surface area contributed by atoms with Gasteiger partial charge >= 0.3 is 5.97 Å². The molecule has 0 saturated heterocycles. The van der Waals surface area contributed by atoms with Gasteiger partial charge in [0.25, 0.3) is 0 Å². The Hall–Kier alpha value is -3.93. The first-order valence-corrected chi connectivity index (χ1v) is 10.4. The van der Waals surface area contributed by atoms with Gasteiger partial charge in [-0.15, -0.1) is 0 Å². The van der Waals surface area contributed by atoms with Crippen molar-refractivity contribution in [2.45, 2.75) is 19.4 Å². The van der Waals surface area contributed by atoms with Crippen LogP contribution in [-0.4, -0.2) is 22.7 Å². The van der Waals surface area contributed by atoms with Gasteiger partial charge in [0.05, 0.1) is 18.2 Å². The Kier molecular flexibility index (Phi) is 6.31. The molecule has 1 unspecified atom stereocenters. The molecule has 1 aromatic heterocycles. The third-order valence-electron chi connectivity index (χ3n) is 5.16. The fraction of sp³-hybridized carbons (Fsp3) is 0.154. The lowest BCUT2D eigenvalue weighted by Gasteiger charge is -2.22. The zero-order chi connectivity index (χ0) is 22.5. The lowest BCUT2D eigenvalue weighted by atomic mass is 9.96. The number of rotatable bonds is 7. The Labute approximate surface area is 185 Å². The minimum atomic E-state index is -0.472. The Morgan fingerprint density at radius 3 is 2.53 bits per heavy atom. The number of aromatic nitrogens is 1. The zero-order valence-corrected chi connectivity index (χ0v) is 17.6. The number of nitrogens with one attached hydrogen (secondary N) is 1. The van der Waals surface area contributed by atoms with Crippen molar-refractivity contribution in [3.63, 3.8) is 0 Å². The summed E-state index contributed by atoms with van der Waals surface area (Å²) in [4.78, 5) is 16.4. The maximum Gasteiger partial charge on any atom is 0.338 e. The largest absolute Gasteiger partial charge is 0.505 e. The number of phenolic OH excluding ortho intramolecular Hbond substituents is 1. The summed E-state index contributed by atoms with van der Waals surface area (Å²) in [5.41, 5.74) is 3.05. The summed E-state index contributed by atoms with van der Waals surface area (Å²) in [7, 11) is 0. The van der Waals surface area contributed by atoms with Crippen LogP contribution in [-0.2, 0) is 4.74 Å². The maximum atomic E-state index is 13.6. The molecule has 162 valence electrons. The number of hydrogen-bond donors (Lipinski definition) is 2. The second kappa shape index (κ2) is 9.47. The molecule has 5 nitrogen and oxygen atoms in total. The van der Waals surface area contributed by atoms with E-state index in [2.05, 4.69) is 10.3 Å². The van der Waals surface area contributed by atoms with E-state index in [1.165, 1.54) is 12.1 Å². The van der Waals surface area contributed by atoms with Crippen LogP contribution >= 0.6 is 0 Å². The van der Waals surface area contributed by atoms with E-state index in [9.17, 15) is 14.3 Å². The first kappa shape index (κ1) is 21.3. The van der Waals surface area contributed by atoms with E-state index < -0.39 is 6.04 Å². The Morgan fingerprint density at radius 1 is 1.06 bits per heavy atom. The lowest BCUT2D eigenvalue weighted by Crippen LogP contribution is -2.13. The van der Waals surface area contributed by atoms with Crippen LogP contribution < -0.4 is 5.32 Å². The highest BCUT2D eigenvalue weighted by atomic mass is 19.1. The van der Waals surface area contributed by atoms with Crippen molar-refractivity contribution in [2.24, 2.45) is 0 Å². The standard InChI is InChI=1S/C26H23FN2O3/c1-2-16-32-26(31)19-7-12-21(13-8-19)29-23(18-5-10-20(27)11-6-18)22-14-9-17-4-3-15-28-24(17)25(22)30/h3-15,23,29-30H,2,16H2,1H3. The van der Waals surface area contributed by atoms with Gasteiger partial charge in [0.1, 0.15) is 17.1 Å². The molecular formula is C26H23FN2O3. The summed E-state index contributed by atoms with van der Waals surface area (Å²) in [5, 5.41) is 15.2. The number of carbonyl (C=O) groups excluding carboxylic acids is 1. The third kappa shape index (κ3) is 4.54. The lowest BCUT2D eigenvalue weighted by molar-refractivity contribution is 0.0505. The van der Waals surface area contributed by atoms with Gasteiger partial charge in [0.2, 0.25) is 0 Å². The number of aromatic hydroxyl groups is 1. The minimum absolute atomic E-state index is 0.0599. The van der Waals surface area contributed by atoms with Gasteiger partial charge in [-0.3, -0.25) is 4.98 Å². The van der Waals surface area contributed by atoms with E-state index in [-0.39, 0.29) is 17.5 Å². The third-order valence-corrected chi connectivity index (χ3v) is 5.16. The quantitative estimate of drug-likeness (QED) is 0.360. The van der Waals surface area contributed by atoms with Crippen molar-refractivity contribution < 1.29 is 19.0 Å². The number of fused-ring (bicyclic) bond motifs is 1. The topological polar surface area (TPSA) is 71.5 Å². The second-order valence-electron chi connectivity index (χ2n) is 7.42. The molecule has 0 aliphatic rings. The monoisotopic (exact) mass is 430 g/mol. The molecule has 0 fully saturated rings. The van der Waals surface area contributed by atoms with Gasteiger partial charge in [0.15, 0.2) is 0 Å². The molecule has 4 rings (SSSR count). The van der Waals surface area contributed by atoms with Crippen molar-refractivity contribution in [3.8, 4) is 5.75 Å². The van der Waals surface area contributed by atoms with Crippen molar-refractivity contribution in [1.82, 2.24) is 4.98 Å². The molecule has 6 heteroatoms. The summed E-state index contributed by atoms with van der Waals surface area (Å²) in [6, 6.07) is 20.0. The molecule has 1 atom stereocenters. The smallest absolute Gasteiger partial charge is 0.338 e. The van der Waals surface area contributed by atoms with Crippen molar-refractivity contribution in [2.75, 3.05) is 11.9 Å². The maximum absolute atomic E-state index is 13.6. The summed E-state index contributed by atoms with van der Waals surface area (Å²) in [6.45, 7) is 2.31. The van der Waals surface area contributed by atoms with Crippen LogP contribution in [0.5, 0.6) is 5.75 Å². The number of hydrogen-bond acceptors (Lipinski definition) is 5. The molecule has 0 spiro atoms. The molecule has 4 aromatic rings. The predicted molar refractivity (Wildman–Crippen MR) is 122 cm³/mol. The Morgan fingerprint density at radius 2 is 1.81 bits per heavy atom. The Bertz CT molecular complexity index is 1220. The molecular weight excluding hydrogens is 407 g/mol. The molecule has 1 heterocycles. The number of pyridine rings is 1. The highest BCUT2D eigenvalue weighted by Crippen LogP contribution is 2.36. The average Bonchev–Trinajstić information content (AvgIpc) is 2.83. The van der Waals surface area contributed by atoms with Crippen molar-refractivity contribution >= 4 is 22.6 Å². The number of benzene rings is 3. The SMILES string of the molecule is CCCOC(=O)c1ccc(NC(c2ccc(F)cc2)c2ccc3cccnc3c2O)cc1. The predicted octanol–water partition coefficient (Wildman–Crippen LogP) is 5.85. The molecule has 3 aromatic carbocycles. The molecule has 2 N–H and O–H groups in total. The van der Waals surface area contributed by atoms with Gasteiger partial charge < -0.3 is 15.2 Å². The van der Waals surface area contributed by atoms with Crippen LogP contribution in [0.15, 0.2) is 79.0 Å². The molecule has 0 amide bonds. The van der Waals surface area contributed by atoms with Crippen LogP contribution in [0.2, 0.25) is 0 Å². The fourth-order valence-electron chi connectivity index (χ4n) is 3.52. The average molecular weight is 430 g/mol. The van der Waals surface area contributed by atoms with E-state index >= 15 is 0 Å². The number of carbonyl (C=O) groups is 1. The summed E-state index contributed by atoms with van der Waals surface area (Å²) >= 11 is 0. The number of anilines is 1. The van der Waals surface area contributed by atoms with E-state index in [0.717, 1.165) is 23.1 Å². The summed E-state index contributed by atoms with van der Waals surface area (Å²) in [6.07, 6.45) is 2.39. The molecule has 0 aliphatic heterocycles. The number of halogens is 1. The van der Waals surface area contributed by atoms with Crippen LogP contribution in [0.1, 0.15) is 40.9 Å². The van der Waals surface area contributed by atoms with Gasteiger partial charge in [-0.1, -0.05) is 37.3 Å². The number of esters is 1. The highest BCUT2D eigenvalue weighted by molar-refractivity contribution is 5.90. The molecule has 0 aliphatic carbocycles. The molecule has 0 radical (unpaired) electrons. The van der Waals surface area contributed by atoms with E-state index in [4.69, 9.17) is 4.74 Å². The summed E-state index contributed by atoms with van der Waals surface area (Å²) in [5.74, 6) is -0.650. The van der Waals surface area contributed by atoms with Crippen LogP contribution in [0.3, 0.4) is 0 Å². The first-order valence-electron chi connectivity index (χ1n) is 10.4. The van der Waals surface area contributed by atoms with Crippen LogP contribution in [0.4, 0.5) is 10.1 Å². The van der Waals surface area contributed by atoms with E-state index in [0.29, 0.717) is 23.3 Å². The first-order chi connectivity index (χ1) is 15.6. The van der Waals surface area contributed by atoms with Gasteiger partial charge in [-0.2, -0.15) is 0 Å². The van der Waals surface area contributed by atoms with Crippen LogP contribution in [0.25, 0.3) is 10.9 Å². The summed E-state index contributed by atoms with van der Waals surface area (Å²) < 4.78 is 18.7. The second-order valence-corrected chi connectivity index (χ2v) is 7.42. The van der Waals surface area contributed by atoms with Gasteiger partial charge in [0, 0.05) is 22.8 Å². The fourth-order valence-corrected chi connectivity index (χ4v) is 3.52. The van der Waals surface area contributed by atoms with Gasteiger partial charge in [-0.25, -0.2) is 9.18 Å². The minimum Gasteiger partial charge on any atom is -0.505 e. The number of phenols is 1. The van der Waals surface area contributed by atoms with Crippen molar-refractivity contribution in [1.29, 1.82) is 0 Å². The molecule has 0 saturated carbocycles. The zero-order valence-electron chi connectivity index (χ0n) is 17.6. The molecule has 0 bridgehead atoms. The van der Waals surface area contributed by atoms with Gasteiger partial charge in [-0.05, 0) is 54.4 Å². The molecule has 32 heavy (non-hydrogen) atoms. The van der Waals surface area contributed by atoms with E-state index in [1.807, 2.05) is 31.2 Å². The highest BCUT2D eigenvalue weighted by Gasteiger charge is 2.20. The van der Waals surface area contributed by atoms with Crippen molar-refractivity contribution in [3.05, 3.63) is 102 Å². The Balaban J connectivity index is 1.69.